The van der Waals surface area contributed by atoms with E-state index < -0.39 is 31.7 Å². The Labute approximate surface area is 312 Å². The third-order valence-electron chi connectivity index (χ3n) is 9.49. The van der Waals surface area contributed by atoms with Crippen molar-refractivity contribution in [1.29, 1.82) is 0 Å². The van der Waals surface area contributed by atoms with Crippen LogP contribution in [0.15, 0.2) is 94.7 Å². The zero-order valence-corrected chi connectivity index (χ0v) is 32.7. The SMILES string of the molecule is CC1(C)C(/C=C/C2=C(Cl)C(=C/C=C3/N(CCCS(=O)(=O)[O-])c4ccccc4C3(C)C)/CCC2)=[N+](CCCS(=O)(=O)[O-])c2ccccc21.[Na+]. The second-order valence-corrected chi connectivity index (χ2v) is 16.9. The van der Waals surface area contributed by atoms with E-state index in [1.807, 2.05) is 36.4 Å². The average molecular weight is 721 g/mol. The van der Waals surface area contributed by atoms with Crippen LogP contribution in [0.2, 0.25) is 0 Å². The van der Waals surface area contributed by atoms with Gasteiger partial charge in [-0.25, -0.2) is 16.8 Å². The summed E-state index contributed by atoms with van der Waals surface area (Å²) >= 11 is 7.07. The first-order valence-corrected chi connectivity index (χ1v) is 19.5. The number of hydrogen-bond donors (Lipinski definition) is 0. The van der Waals surface area contributed by atoms with E-state index in [0.717, 1.165) is 64.3 Å². The molecule has 12 heteroatoms. The molecule has 0 aromatic heterocycles. The van der Waals surface area contributed by atoms with Gasteiger partial charge in [0.1, 0.15) is 6.54 Å². The van der Waals surface area contributed by atoms with Gasteiger partial charge < -0.3 is 14.0 Å². The van der Waals surface area contributed by atoms with Crippen molar-refractivity contribution in [2.24, 2.45) is 0 Å². The maximum absolute atomic E-state index is 11.3. The van der Waals surface area contributed by atoms with Crippen molar-refractivity contribution in [2.75, 3.05) is 29.5 Å². The number of nitrogens with zero attached hydrogens (tertiary/aromatic N) is 2. The van der Waals surface area contributed by atoms with Crippen LogP contribution in [0.5, 0.6) is 0 Å². The largest absolute Gasteiger partial charge is 1.00 e. The third-order valence-corrected chi connectivity index (χ3v) is 11.6. The number of allylic oxidation sites excluding steroid dienone is 8. The molecule has 2 aromatic carbocycles. The van der Waals surface area contributed by atoms with Gasteiger partial charge in [-0.05, 0) is 68.4 Å². The standard InChI is InChI=1S/C36H43ClN2O6S2.Na/c1-35(2)28-14-5-7-16-30(28)38(22-10-24-46(40,41)42)32(35)20-18-26-12-9-13-27(34(26)37)19-21-33-36(3,4)29-15-6-8-17-31(29)39(33)23-11-25-47(43,44)45;/h5-8,14-21H,9-13,22-25H2,1-4H3,(H-,40,41,42,43,44,45);/q;+1/p-1. The van der Waals surface area contributed by atoms with Crippen LogP contribution in [0.1, 0.15) is 70.9 Å². The van der Waals surface area contributed by atoms with E-state index in [-0.39, 0.29) is 53.2 Å². The molecule has 2 aliphatic heterocycles. The summed E-state index contributed by atoms with van der Waals surface area (Å²) in [6.07, 6.45) is 11.3. The smallest absolute Gasteiger partial charge is 0.748 e. The van der Waals surface area contributed by atoms with Crippen LogP contribution in [0.4, 0.5) is 11.4 Å². The zero-order valence-electron chi connectivity index (χ0n) is 28.3. The van der Waals surface area contributed by atoms with Crippen molar-refractivity contribution in [1.82, 2.24) is 0 Å². The van der Waals surface area contributed by atoms with Gasteiger partial charge in [-0.2, -0.15) is 4.58 Å². The Kier molecular flexibility index (Phi) is 12.2. The second kappa shape index (κ2) is 15.1. The van der Waals surface area contributed by atoms with E-state index in [1.54, 1.807) is 0 Å². The summed E-state index contributed by atoms with van der Waals surface area (Å²) in [6, 6.07) is 16.1. The predicted molar refractivity (Wildman–Crippen MR) is 186 cm³/mol. The number of hydrogen-bond acceptors (Lipinski definition) is 7. The van der Waals surface area contributed by atoms with Crippen molar-refractivity contribution in [3.05, 3.63) is 106 Å². The first kappa shape index (κ1) is 38.8. The number of benzene rings is 2. The molecule has 0 unspecified atom stereocenters. The minimum Gasteiger partial charge on any atom is -0.748 e. The average Bonchev–Trinajstić information content (AvgIpc) is 3.33. The molecule has 0 fully saturated rings. The first-order chi connectivity index (χ1) is 22.0. The molecule has 0 atom stereocenters. The topological polar surface area (TPSA) is 121 Å². The Bertz CT molecular complexity index is 1940. The van der Waals surface area contributed by atoms with Crippen LogP contribution in [-0.2, 0) is 31.1 Å². The van der Waals surface area contributed by atoms with E-state index in [4.69, 9.17) is 11.6 Å². The second-order valence-electron chi connectivity index (χ2n) is 13.5. The number of para-hydroxylation sites is 2. The van der Waals surface area contributed by atoms with Gasteiger partial charge in [-0.3, -0.25) is 0 Å². The van der Waals surface area contributed by atoms with Gasteiger partial charge in [0.2, 0.25) is 5.69 Å². The number of fused-ring (bicyclic) bond motifs is 2. The number of halogens is 1. The summed E-state index contributed by atoms with van der Waals surface area (Å²) < 4.78 is 70.1. The third kappa shape index (κ3) is 8.46. The molecule has 0 amide bonds. The van der Waals surface area contributed by atoms with E-state index in [0.29, 0.717) is 18.1 Å². The summed E-state index contributed by atoms with van der Waals surface area (Å²) in [4.78, 5) is 2.11. The van der Waals surface area contributed by atoms with Gasteiger partial charge in [0.05, 0.1) is 25.7 Å². The monoisotopic (exact) mass is 720 g/mol. The molecule has 252 valence electrons. The Morgan fingerprint density at radius 2 is 1.46 bits per heavy atom. The Hall–Kier alpha value is -2.02. The van der Waals surface area contributed by atoms with Crippen LogP contribution in [0.3, 0.4) is 0 Å². The molecule has 2 aromatic rings. The van der Waals surface area contributed by atoms with Crippen LogP contribution in [-0.4, -0.2) is 60.8 Å². The molecule has 0 saturated heterocycles. The molecule has 3 aliphatic rings. The molecule has 8 nitrogen and oxygen atoms in total. The maximum atomic E-state index is 11.3. The molecular weight excluding hydrogens is 679 g/mol. The fourth-order valence-electron chi connectivity index (χ4n) is 7.13. The number of rotatable bonds is 11. The van der Waals surface area contributed by atoms with Gasteiger partial charge >= 0.3 is 29.6 Å². The van der Waals surface area contributed by atoms with Crippen LogP contribution in [0, 0.1) is 0 Å². The van der Waals surface area contributed by atoms with Gasteiger partial charge in [-0.15, -0.1) is 0 Å². The van der Waals surface area contributed by atoms with E-state index in [9.17, 15) is 25.9 Å². The van der Waals surface area contributed by atoms with E-state index in [1.165, 1.54) is 0 Å². The first-order valence-electron chi connectivity index (χ1n) is 16.0. The van der Waals surface area contributed by atoms with E-state index in [2.05, 4.69) is 73.6 Å². The quantitative estimate of drug-likeness (QED) is 0.197. The molecule has 2 heterocycles. The molecule has 0 N–H and O–H groups in total. The molecule has 0 radical (unpaired) electrons. The Balaban J connectivity index is 0.00000520. The summed E-state index contributed by atoms with van der Waals surface area (Å²) in [5, 5.41) is 0.694. The number of anilines is 1. The fraction of sp³-hybridized carbons (Fsp3) is 0.417. The molecule has 0 saturated carbocycles. The minimum absolute atomic E-state index is 0. The molecule has 0 bridgehead atoms. The molecule has 48 heavy (non-hydrogen) atoms. The molecule has 5 rings (SSSR count). The maximum Gasteiger partial charge on any atom is 1.00 e. The van der Waals surface area contributed by atoms with Crippen LogP contribution >= 0.6 is 11.6 Å². The van der Waals surface area contributed by atoms with Gasteiger partial charge in [0.15, 0.2) is 5.71 Å². The summed E-state index contributed by atoms with van der Waals surface area (Å²) in [7, 11) is -8.62. The van der Waals surface area contributed by atoms with Gasteiger partial charge in [0.25, 0.3) is 0 Å². The normalized spacial score (nSPS) is 20.5. The predicted octanol–water partition coefficient (Wildman–Crippen LogP) is 3.78. The van der Waals surface area contributed by atoms with E-state index >= 15 is 0 Å². The molecule has 0 spiro atoms. The fourth-order valence-corrected chi connectivity index (χ4v) is 8.41. The molecular formula is C36H42ClN2NaO6S2. The van der Waals surface area contributed by atoms with Gasteiger partial charge in [-0.1, -0.05) is 74.0 Å². The van der Waals surface area contributed by atoms with Crippen molar-refractivity contribution in [3.8, 4) is 0 Å². The van der Waals surface area contributed by atoms with Gasteiger partial charge in [0, 0.05) is 64.0 Å². The summed E-state index contributed by atoms with van der Waals surface area (Å²) in [5.41, 5.74) is 7.65. The summed E-state index contributed by atoms with van der Waals surface area (Å²) in [5.74, 6) is -0.832. The van der Waals surface area contributed by atoms with Crippen molar-refractivity contribution in [3.63, 3.8) is 0 Å². The van der Waals surface area contributed by atoms with Crippen LogP contribution in [0.25, 0.3) is 0 Å². The molecule has 1 aliphatic carbocycles. The zero-order chi connectivity index (χ0) is 34.2. The summed E-state index contributed by atoms with van der Waals surface area (Å²) in [6.45, 7) is 9.38. The van der Waals surface area contributed by atoms with Crippen LogP contribution < -0.4 is 34.5 Å². The van der Waals surface area contributed by atoms with Crippen molar-refractivity contribution < 1.29 is 60.1 Å². The van der Waals surface area contributed by atoms with Crippen molar-refractivity contribution in [2.45, 2.75) is 70.6 Å². The Morgan fingerprint density at radius 3 is 2.15 bits per heavy atom. The van der Waals surface area contributed by atoms with Crippen molar-refractivity contribution >= 4 is 48.9 Å². The minimum atomic E-state index is -4.31. The Morgan fingerprint density at radius 1 is 0.833 bits per heavy atom.